The maximum atomic E-state index is 16.3. The van der Waals surface area contributed by atoms with Gasteiger partial charge in [0.25, 0.3) is 0 Å². The molecule has 0 radical (unpaired) electrons. The zero-order valence-electron chi connectivity index (χ0n) is 26.8. The first-order valence-corrected chi connectivity index (χ1v) is 16.6. The van der Waals surface area contributed by atoms with Crippen molar-refractivity contribution in [2.24, 2.45) is 9.98 Å². The van der Waals surface area contributed by atoms with E-state index in [0.29, 0.717) is 43.8 Å². The number of amides is 2. The maximum Gasteiger partial charge on any atom is 0.475 e. The molecule has 4 rings (SSSR count). The molecule has 0 saturated carbocycles. The van der Waals surface area contributed by atoms with E-state index in [1.165, 1.54) is 6.21 Å². The number of carbonyl (C=O) groups excluding carboxylic acids is 1. The van der Waals surface area contributed by atoms with E-state index in [-0.39, 0.29) is 49.2 Å². The van der Waals surface area contributed by atoms with Gasteiger partial charge in [-0.05, 0) is 39.7 Å². The number of halogens is 1. The topological polar surface area (TPSA) is 191 Å². The fourth-order valence-corrected chi connectivity index (χ4v) is 6.19. The number of aromatic amines is 1. The molecule has 2 amide bonds. The lowest BCUT2D eigenvalue weighted by Crippen LogP contribution is -2.33. The van der Waals surface area contributed by atoms with Gasteiger partial charge in [-0.3, -0.25) is 18.9 Å². The fourth-order valence-electron chi connectivity index (χ4n) is 4.75. The maximum absolute atomic E-state index is 16.3. The number of benzene rings is 1. The number of hydrogen-bond acceptors (Lipinski definition) is 12. The molecule has 1 aromatic heterocycles. The molecule has 1 saturated heterocycles. The van der Waals surface area contributed by atoms with Gasteiger partial charge in [-0.1, -0.05) is 5.92 Å². The van der Waals surface area contributed by atoms with Crippen molar-refractivity contribution in [3.8, 4) is 18.0 Å². The van der Waals surface area contributed by atoms with Crippen molar-refractivity contribution in [3.63, 3.8) is 0 Å². The van der Waals surface area contributed by atoms with Gasteiger partial charge in [0.1, 0.15) is 11.4 Å². The Hall–Kier alpha value is -3.73. The lowest BCUT2D eigenvalue weighted by molar-refractivity contribution is 0.0286. The normalized spacial score (nSPS) is 18.9. The second kappa shape index (κ2) is 16.9. The van der Waals surface area contributed by atoms with Crippen LogP contribution in [0.25, 0.3) is 11.0 Å². The van der Waals surface area contributed by atoms with Crippen LogP contribution in [-0.4, -0.2) is 86.9 Å². The van der Waals surface area contributed by atoms with Crippen molar-refractivity contribution in [2.75, 3.05) is 58.6 Å². The van der Waals surface area contributed by atoms with Crippen molar-refractivity contribution in [2.45, 2.75) is 57.7 Å². The van der Waals surface area contributed by atoms with Crippen LogP contribution in [0.15, 0.2) is 16.1 Å². The van der Waals surface area contributed by atoms with Crippen molar-refractivity contribution >= 4 is 42.9 Å². The summed E-state index contributed by atoms with van der Waals surface area (Å²) in [4.78, 5) is 28.3. The number of methoxy groups -OCH3 is 1. The Balaban J connectivity index is 1.57. The smallest absolute Gasteiger partial charge is 0.382 e. The third-order valence-electron chi connectivity index (χ3n) is 6.91. The van der Waals surface area contributed by atoms with Crippen molar-refractivity contribution in [1.29, 1.82) is 5.26 Å². The zero-order chi connectivity index (χ0) is 33.9. The summed E-state index contributed by atoms with van der Waals surface area (Å²) >= 11 is 0. The van der Waals surface area contributed by atoms with Crippen LogP contribution in [0.3, 0.4) is 0 Å². The number of carbonyl (C=O) groups is 1. The average Bonchev–Trinajstić information content (AvgIpc) is 3.62. The van der Waals surface area contributed by atoms with Crippen molar-refractivity contribution in [1.82, 2.24) is 15.3 Å². The van der Waals surface area contributed by atoms with Gasteiger partial charge < -0.3 is 24.5 Å². The molecule has 15 nitrogen and oxygen atoms in total. The molecule has 1 fully saturated rings. The van der Waals surface area contributed by atoms with E-state index in [0.717, 1.165) is 6.42 Å². The Labute approximate surface area is 272 Å². The first-order chi connectivity index (χ1) is 22.6. The molecule has 17 heteroatoms. The largest absolute Gasteiger partial charge is 0.475 e. The summed E-state index contributed by atoms with van der Waals surface area (Å²) < 4.78 is 62.6. The molecule has 47 heavy (non-hydrogen) atoms. The highest BCUT2D eigenvalue weighted by molar-refractivity contribution is 7.48. The highest BCUT2D eigenvalue weighted by Gasteiger charge is 2.39. The quantitative estimate of drug-likeness (QED) is 0.120. The number of hydrogen-bond donors (Lipinski definition) is 3. The number of phosphoric acid groups is 1. The second-order valence-corrected chi connectivity index (χ2v) is 12.4. The molecule has 0 aliphatic carbocycles. The van der Waals surface area contributed by atoms with E-state index in [1.807, 2.05) is 6.07 Å². The summed E-state index contributed by atoms with van der Waals surface area (Å²) in [5, 5.41) is 14.2. The minimum Gasteiger partial charge on any atom is -0.382 e. The Morgan fingerprint density at radius 3 is 2.79 bits per heavy atom. The van der Waals surface area contributed by atoms with Crippen LogP contribution in [0.1, 0.15) is 63.2 Å². The molecular weight excluding hydrogens is 636 g/mol. The molecule has 1 aromatic carbocycles. The number of aliphatic imine (C=N–C) groups is 2. The molecule has 2 unspecified atom stereocenters. The molecule has 2 aliphatic rings. The number of anilines is 1. The monoisotopic (exact) mass is 675 g/mol. The number of urea groups is 1. The third kappa shape index (κ3) is 9.65. The number of rotatable bonds is 17. The number of H-pyrrole nitrogens is 1. The van der Waals surface area contributed by atoms with Crippen LogP contribution in [0.4, 0.5) is 15.1 Å². The fraction of sp³-hybridized carbons (Fsp3) is 0.567. The van der Waals surface area contributed by atoms with Gasteiger partial charge in [0, 0.05) is 43.6 Å². The molecule has 3 heterocycles. The molecule has 0 bridgehead atoms. The van der Waals surface area contributed by atoms with Gasteiger partial charge in [-0.2, -0.15) is 10.3 Å². The van der Waals surface area contributed by atoms with Crippen LogP contribution < -0.4 is 10.6 Å². The summed E-state index contributed by atoms with van der Waals surface area (Å²) in [7, 11) is -2.69. The molecule has 254 valence electrons. The van der Waals surface area contributed by atoms with E-state index >= 15 is 4.39 Å². The van der Waals surface area contributed by atoms with Gasteiger partial charge in [-0.15, -0.1) is 0 Å². The number of imidazole rings is 1. The van der Waals surface area contributed by atoms with Crippen LogP contribution in [0.5, 0.6) is 0 Å². The van der Waals surface area contributed by atoms with Crippen molar-refractivity contribution in [3.05, 3.63) is 23.0 Å². The molecule has 2 aromatic rings. The number of fused-ring (bicyclic) bond motifs is 1. The number of aromatic nitrogens is 2. The van der Waals surface area contributed by atoms with E-state index in [4.69, 9.17) is 33.0 Å². The van der Waals surface area contributed by atoms with Crippen molar-refractivity contribution < 1.29 is 41.5 Å². The van der Waals surface area contributed by atoms with Gasteiger partial charge in [0.05, 0.1) is 68.6 Å². The third-order valence-corrected chi connectivity index (χ3v) is 8.59. The van der Waals surface area contributed by atoms with E-state index < -0.39 is 37.3 Å². The summed E-state index contributed by atoms with van der Waals surface area (Å²) in [6.45, 7) is 6.26. The number of amidine groups is 1. The Bertz CT molecular complexity index is 1620. The Morgan fingerprint density at radius 2 is 2.06 bits per heavy atom. The first kappa shape index (κ1) is 36.1. The summed E-state index contributed by atoms with van der Waals surface area (Å²) in [5.74, 6) is 1.69. The molecule has 2 aliphatic heterocycles. The molecule has 3 atom stereocenters. The summed E-state index contributed by atoms with van der Waals surface area (Å²) in [6.07, 6.45) is 2.20. The Kier molecular flexibility index (Phi) is 13.0. The van der Waals surface area contributed by atoms with E-state index in [9.17, 15) is 9.36 Å². The predicted octanol–water partition coefficient (Wildman–Crippen LogP) is 4.74. The van der Waals surface area contributed by atoms with Crippen LogP contribution in [0.2, 0.25) is 0 Å². The van der Waals surface area contributed by atoms with Gasteiger partial charge in [0.2, 0.25) is 5.95 Å². The molecular formula is C30H39FN7O8P. The van der Waals surface area contributed by atoms with Crippen LogP contribution in [0, 0.1) is 29.1 Å². The number of nitrogens with one attached hydrogen (secondary N) is 3. The minimum absolute atomic E-state index is 0.0346. The zero-order valence-corrected chi connectivity index (χ0v) is 27.7. The van der Waals surface area contributed by atoms with Gasteiger partial charge in [0.15, 0.2) is 5.84 Å². The van der Waals surface area contributed by atoms with E-state index in [1.54, 1.807) is 33.9 Å². The van der Waals surface area contributed by atoms with Gasteiger partial charge >= 0.3 is 13.9 Å². The number of nitriles is 1. The standard InChI is InChI=1S/C30H39FN7O8P/c1-5-33-29(39)38-28-36-22-18-21(25(31)24(26(22)37-28)23-8-6-12-43-23)20-9-11-34-27(35-19-20)30(2,3)46-47(40,44-13-7-10-32)45-17-16-42-15-14-41-4/h18-20,23H,5-8,12-17H2,1-4H3,(H3,33,36,37,38,39)/t20?,23-,47?/m1/s1. The minimum atomic E-state index is -4.23. The first-order valence-electron chi connectivity index (χ1n) is 15.2. The SMILES string of the molecule is CCNC(=O)Nc1nc2c([C@H]3CCCO3)c(F)c(C3C#CN=C(C(C)(C)OP(=O)(OCCC#N)OCCOCCOC)N=C3)cc2[nH]1. The van der Waals surface area contributed by atoms with Crippen LogP contribution >= 0.6 is 7.82 Å². The predicted molar refractivity (Wildman–Crippen MR) is 171 cm³/mol. The second-order valence-electron chi connectivity index (χ2n) is 10.8. The number of ether oxygens (including phenoxy) is 3. The Morgan fingerprint density at radius 1 is 1.28 bits per heavy atom. The number of nitrogens with zero attached hydrogens (tertiary/aromatic N) is 4. The molecule has 3 N–H and O–H groups in total. The number of phosphoric ester groups is 1. The summed E-state index contributed by atoms with van der Waals surface area (Å²) in [5.41, 5.74) is -0.177. The van der Waals surface area contributed by atoms with E-state index in [2.05, 4.69) is 42.6 Å². The lowest BCUT2D eigenvalue weighted by Gasteiger charge is -2.28. The highest BCUT2D eigenvalue weighted by atomic mass is 31.2. The highest BCUT2D eigenvalue weighted by Crippen LogP contribution is 2.53. The molecule has 0 spiro atoms. The van der Waals surface area contributed by atoms with Crippen LogP contribution in [-0.2, 0) is 32.3 Å². The van der Waals surface area contributed by atoms with Gasteiger partial charge in [-0.25, -0.2) is 23.7 Å². The average molecular weight is 676 g/mol. The lowest BCUT2D eigenvalue weighted by atomic mass is 9.94. The summed E-state index contributed by atoms with van der Waals surface area (Å²) in [6, 6.07) is 5.69.